The molecule has 17 heavy (non-hydrogen) atoms. The van der Waals surface area contributed by atoms with Gasteiger partial charge in [-0.25, -0.2) is 0 Å². The Morgan fingerprint density at radius 1 is 1.18 bits per heavy atom. The Morgan fingerprint density at radius 2 is 1.82 bits per heavy atom. The van der Waals surface area contributed by atoms with Gasteiger partial charge in [0.05, 0.1) is 0 Å². The molecule has 0 saturated heterocycles. The maximum atomic E-state index is 10.6. The highest BCUT2D eigenvalue weighted by atomic mass is 79.9. The average molecular weight is 310 g/mol. The van der Waals surface area contributed by atoms with Crippen molar-refractivity contribution in [3.8, 4) is 11.1 Å². The van der Waals surface area contributed by atoms with Crippen LogP contribution in [0, 0.1) is 6.92 Å². The zero-order chi connectivity index (χ0) is 12.4. The molecule has 3 heteroatoms. The second kappa shape index (κ2) is 5.03. The molecular formula is C14H10BrClO. The van der Waals surface area contributed by atoms with Crippen LogP contribution in [0.4, 0.5) is 0 Å². The van der Waals surface area contributed by atoms with Crippen molar-refractivity contribution in [1.29, 1.82) is 0 Å². The molecule has 0 heterocycles. The van der Waals surface area contributed by atoms with Crippen LogP contribution in [-0.2, 0) is 0 Å². The van der Waals surface area contributed by atoms with E-state index in [-0.39, 0.29) is 0 Å². The maximum absolute atomic E-state index is 10.6. The minimum absolute atomic E-state index is 0.670. The Balaban J connectivity index is 2.55. The Morgan fingerprint density at radius 3 is 2.41 bits per heavy atom. The standard InChI is InChI=1S/C14H10BrClO/c1-9-6-12(16)7-13(14(9)15)11-4-2-10(8-17)3-5-11/h2-8H,1H3. The molecule has 0 bridgehead atoms. The molecule has 0 unspecified atom stereocenters. The average Bonchev–Trinajstić information content (AvgIpc) is 2.34. The van der Waals surface area contributed by atoms with E-state index in [2.05, 4.69) is 15.9 Å². The summed E-state index contributed by atoms with van der Waals surface area (Å²) in [5.74, 6) is 0. The minimum atomic E-state index is 0.670. The third-order valence-corrected chi connectivity index (χ3v) is 3.85. The summed E-state index contributed by atoms with van der Waals surface area (Å²) in [6, 6.07) is 11.2. The van der Waals surface area contributed by atoms with Crippen molar-refractivity contribution >= 4 is 33.8 Å². The van der Waals surface area contributed by atoms with Gasteiger partial charge in [-0.2, -0.15) is 0 Å². The highest BCUT2D eigenvalue weighted by molar-refractivity contribution is 9.10. The summed E-state index contributed by atoms with van der Waals surface area (Å²) in [5, 5.41) is 0.708. The van der Waals surface area contributed by atoms with Crippen LogP contribution < -0.4 is 0 Å². The van der Waals surface area contributed by atoms with Gasteiger partial charge < -0.3 is 0 Å². The number of aryl methyl sites for hydroxylation is 1. The number of rotatable bonds is 2. The van der Waals surface area contributed by atoms with Crippen LogP contribution in [0.2, 0.25) is 5.02 Å². The molecule has 0 amide bonds. The van der Waals surface area contributed by atoms with Gasteiger partial charge in [0.15, 0.2) is 0 Å². The van der Waals surface area contributed by atoms with Gasteiger partial charge in [0, 0.05) is 15.1 Å². The van der Waals surface area contributed by atoms with Crippen molar-refractivity contribution in [2.45, 2.75) is 6.92 Å². The van der Waals surface area contributed by atoms with E-state index in [1.54, 1.807) is 12.1 Å². The molecule has 0 atom stereocenters. The van der Waals surface area contributed by atoms with Gasteiger partial charge in [-0.1, -0.05) is 35.9 Å². The predicted molar refractivity (Wildman–Crippen MR) is 74.7 cm³/mol. The Hall–Kier alpha value is -1.12. The second-order valence-corrected chi connectivity index (χ2v) is 5.05. The first kappa shape index (κ1) is 12.3. The van der Waals surface area contributed by atoms with Crippen molar-refractivity contribution in [1.82, 2.24) is 0 Å². The molecule has 2 aromatic rings. The molecule has 1 nitrogen and oxygen atoms in total. The highest BCUT2D eigenvalue weighted by Crippen LogP contribution is 2.33. The first-order valence-electron chi connectivity index (χ1n) is 5.13. The number of hydrogen-bond donors (Lipinski definition) is 0. The van der Waals surface area contributed by atoms with Crippen LogP contribution in [0.1, 0.15) is 15.9 Å². The topological polar surface area (TPSA) is 17.1 Å². The molecule has 2 rings (SSSR count). The molecule has 2 aromatic carbocycles. The lowest BCUT2D eigenvalue weighted by molar-refractivity contribution is 0.112. The number of carbonyl (C=O) groups is 1. The summed E-state index contributed by atoms with van der Waals surface area (Å²) in [7, 11) is 0. The van der Waals surface area contributed by atoms with Crippen LogP contribution in [0.3, 0.4) is 0 Å². The zero-order valence-electron chi connectivity index (χ0n) is 9.21. The van der Waals surface area contributed by atoms with E-state index < -0.39 is 0 Å². The number of benzene rings is 2. The molecule has 0 saturated carbocycles. The molecular weight excluding hydrogens is 300 g/mol. The first-order chi connectivity index (χ1) is 8.11. The molecule has 0 radical (unpaired) electrons. The van der Waals surface area contributed by atoms with E-state index in [1.807, 2.05) is 31.2 Å². The second-order valence-electron chi connectivity index (χ2n) is 3.82. The van der Waals surface area contributed by atoms with Crippen LogP contribution in [0.25, 0.3) is 11.1 Å². The molecule has 0 fully saturated rings. The van der Waals surface area contributed by atoms with Crippen LogP contribution in [0.5, 0.6) is 0 Å². The predicted octanol–water partition coefficient (Wildman–Crippen LogP) is 4.89. The summed E-state index contributed by atoms with van der Waals surface area (Å²) in [6.07, 6.45) is 0.835. The SMILES string of the molecule is Cc1cc(Cl)cc(-c2ccc(C=O)cc2)c1Br. The lowest BCUT2D eigenvalue weighted by Crippen LogP contribution is -1.85. The summed E-state index contributed by atoms with van der Waals surface area (Å²) in [4.78, 5) is 10.6. The van der Waals surface area contributed by atoms with Gasteiger partial charge in [0.2, 0.25) is 0 Å². The van der Waals surface area contributed by atoms with Crippen molar-refractivity contribution in [2.75, 3.05) is 0 Å². The molecule has 0 aliphatic carbocycles. The van der Waals surface area contributed by atoms with E-state index in [0.29, 0.717) is 10.6 Å². The number of hydrogen-bond acceptors (Lipinski definition) is 1. The van der Waals surface area contributed by atoms with Gasteiger partial charge in [0.25, 0.3) is 0 Å². The Labute approximate surface area is 114 Å². The third kappa shape index (κ3) is 2.59. The first-order valence-corrected chi connectivity index (χ1v) is 6.30. The fraction of sp³-hybridized carbons (Fsp3) is 0.0714. The van der Waals surface area contributed by atoms with E-state index in [1.165, 1.54) is 0 Å². The van der Waals surface area contributed by atoms with Crippen LogP contribution >= 0.6 is 27.5 Å². The number of halogens is 2. The molecule has 86 valence electrons. The summed E-state index contributed by atoms with van der Waals surface area (Å²) >= 11 is 9.61. The number of aldehydes is 1. The minimum Gasteiger partial charge on any atom is -0.298 e. The lowest BCUT2D eigenvalue weighted by Gasteiger charge is -2.08. The smallest absolute Gasteiger partial charge is 0.150 e. The van der Waals surface area contributed by atoms with E-state index in [9.17, 15) is 4.79 Å². The normalized spacial score (nSPS) is 10.3. The highest BCUT2D eigenvalue weighted by Gasteiger charge is 2.07. The van der Waals surface area contributed by atoms with Crippen LogP contribution in [-0.4, -0.2) is 6.29 Å². The monoisotopic (exact) mass is 308 g/mol. The van der Waals surface area contributed by atoms with Crippen molar-refractivity contribution in [3.63, 3.8) is 0 Å². The summed E-state index contributed by atoms with van der Waals surface area (Å²) in [5.41, 5.74) is 3.83. The zero-order valence-corrected chi connectivity index (χ0v) is 11.5. The summed E-state index contributed by atoms with van der Waals surface area (Å²) < 4.78 is 1.03. The largest absolute Gasteiger partial charge is 0.298 e. The van der Waals surface area contributed by atoms with Crippen molar-refractivity contribution < 1.29 is 4.79 Å². The van der Waals surface area contributed by atoms with Gasteiger partial charge >= 0.3 is 0 Å². The molecule has 0 aliphatic heterocycles. The third-order valence-electron chi connectivity index (χ3n) is 2.58. The Kier molecular flexibility index (Phi) is 3.65. The van der Waals surface area contributed by atoms with Crippen molar-refractivity contribution in [3.05, 3.63) is 57.0 Å². The van der Waals surface area contributed by atoms with Gasteiger partial charge in [0.1, 0.15) is 6.29 Å². The lowest BCUT2D eigenvalue weighted by atomic mass is 10.0. The fourth-order valence-corrected chi connectivity index (χ4v) is 2.41. The van der Waals surface area contributed by atoms with Crippen molar-refractivity contribution in [2.24, 2.45) is 0 Å². The van der Waals surface area contributed by atoms with E-state index in [4.69, 9.17) is 11.6 Å². The molecule has 0 spiro atoms. The van der Waals surface area contributed by atoms with E-state index in [0.717, 1.165) is 27.4 Å². The molecule has 0 N–H and O–H groups in total. The van der Waals surface area contributed by atoms with Gasteiger partial charge in [-0.15, -0.1) is 0 Å². The van der Waals surface area contributed by atoms with Gasteiger partial charge in [-0.05, 0) is 51.7 Å². The molecule has 0 aromatic heterocycles. The van der Waals surface area contributed by atoms with E-state index >= 15 is 0 Å². The van der Waals surface area contributed by atoms with Gasteiger partial charge in [-0.3, -0.25) is 4.79 Å². The number of carbonyl (C=O) groups excluding carboxylic acids is 1. The quantitative estimate of drug-likeness (QED) is 0.722. The van der Waals surface area contributed by atoms with Crippen LogP contribution in [0.15, 0.2) is 40.9 Å². The fourth-order valence-electron chi connectivity index (χ4n) is 1.68. The Bertz CT molecular complexity index is 561. The molecule has 0 aliphatic rings. The summed E-state index contributed by atoms with van der Waals surface area (Å²) in [6.45, 7) is 2.00. The maximum Gasteiger partial charge on any atom is 0.150 e.